The smallest absolute Gasteiger partial charge is 0.254 e. The number of likely N-dealkylation sites (tertiary alicyclic amines) is 2. The number of aromatic nitrogens is 2. The zero-order valence-electron chi connectivity index (χ0n) is 18.9. The second-order valence-corrected chi connectivity index (χ2v) is 9.26. The molecule has 2 aliphatic rings. The number of amides is 1. The molecule has 0 saturated carbocycles. The second-order valence-electron chi connectivity index (χ2n) is 9.26. The summed E-state index contributed by atoms with van der Waals surface area (Å²) in [7, 11) is 0. The summed E-state index contributed by atoms with van der Waals surface area (Å²) in [6.45, 7) is 6.55. The number of hydrogen-bond acceptors (Lipinski definition) is 3. The van der Waals surface area contributed by atoms with Crippen LogP contribution in [0.2, 0.25) is 0 Å². The van der Waals surface area contributed by atoms with Crippen molar-refractivity contribution in [2.24, 2.45) is 5.92 Å². The fourth-order valence-corrected chi connectivity index (χ4v) is 5.43. The quantitative estimate of drug-likeness (QED) is 0.606. The lowest BCUT2D eigenvalue weighted by Crippen LogP contribution is -2.44. The van der Waals surface area contributed by atoms with Crippen LogP contribution in [0.25, 0.3) is 0 Å². The molecule has 0 spiro atoms. The van der Waals surface area contributed by atoms with E-state index in [2.05, 4.69) is 55.7 Å². The van der Waals surface area contributed by atoms with Crippen LogP contribution in [0.5, 0.6) is 0 Å². The SMILES string of the molecule is Cc1nccn1Cc1ccccc1C(=O)N1CCCC[C@H]2CN(Cc3ccccc3)C[C@H]21. The molecule has 2 aliphatic heterocycles. The van der Waals surface area contributed by atoms with Gasteiger partial charge < -0.3 is 9.47 Å². The van der Waals surface area contributed by atoms with E-state index in [-0.39, 0.29) is 5.91 Å². The number of carbonyl (C=O) groups excluding carboxylic acids is 1. The van der Waals surface area contributed by atoms with Crippen molar-refractivity contribution in [1.29, 1.82) is 0 Å². The highest BCUT2D eigenvalue weighted by atomic mass is 16.2. The van der Waals surface area contributed by atoms with Crippen molar-refractivity contribution >= 4 is 5.91 Å². The Labute approximate surface area is 190 Å². The highest BCUT2D eigenvalue weighted by molar-refractivity contribution is 5.96. The summed E-state index contributed by atoms with van der Waals surface area (Å²) in [5, 5.41) is 0. The van der Waals surface area contributed by atoms with E-state index in [4.69, 9.17) is 0 Å². The van der Waals surface area contributed by atoms with Gasteiger partial charge in [0.05, 0.1) is 0 Å². The Morgan fingerprint density at radius 1 is 1.00 bits per heavy atom. The van der Waals surface area contributed by atoms with Gasteiger partial charge in [0, 0.05) is 56.7 Å². The summed E-state index contributed by atoms with van der Waals surface area (Å²) < 4.78 is 2.11. The summed E-state index contributed by atoms with van der Waals surface area (Å²) in [6.07, 6.45) is 7.33. The van der Waals surface area contributed by atoms with Crippen LogP contribution in [0.4, 0.5) is 0 Å². The Morgan fingerprint density at radius 3 is 2.62 bits per heavy atom. The van der Waals surface area contributed by atoms with E-state index in [1.54, 1.807) is 0 Å². The van der Waals surface area contributed by atoms with E-state index in [1.807, 2.05) is 37.5 Å². The first-order valence-corrected chi connectivity index (χ1v) is 11.8. The van der Waals surface area contributed by atoms with Gasteiger partial charge in [-0.3, -0.25) is 9.69 Å². The van der Waals surface area contributed by atoms with Crippen LogP contribution in [0.1, 0.15) is 46.6 Å². The van der Waals surface area contributed by atoms with E-state index in [0.717, 1.165) is 49.6 Å². The van der Waals surface area contributed by atoms with Gasteiger partial charge in [0.15, 0.2) is 0 Å². The van der Waals surface area contributed by atoms with Crippen molar-refractivity contribution in [2.45, 2.75) is 45.3 Å². The highest BCUT2D eigenvalue weighted by Crippen LogP contribution is 2.32. The van der Waals surface area contributed by atoms with Crippen LogP contribution in [-0.4, -0.2) is 50.9 Å². The Bertz CT molecular complexity index is 1060. The largest absolute Gasteiger partial charge is 0.334 e. The molecular weight excluding hydrogens is 396 g/mol. The average molecular weight is 429 g/mol. The molecule has 0 aliphatic carbocycles. The van der Waals surface area contributed by atoms with Gasteiger partial charge >= 0.3 is 0 Å². The van der Waals surface area contributed by atoms with Crippen molar-refractivity contribution in [1.82, 2.24) is 19.4 Å². The first-order valence-electron chi connectivity index (χ1n) is 11.8. The van der Waals surface area contributed by atoms with Crippen LogP contribution in [-0.2, 0) is 13.1 Å². The molecule has 166 valence electrons. The van der Waals surface area contributed by atoms with E-state index in [1.165, 1.54) is 18.4 Å². The number of nitrogens with zero attached hydrogens (tertiary/aromatic N) is 4. The maximum atomic E-state index is 13.9. The highest BCUT2D eigenvalue weighted by Gasteiger charge is 2.40. The molecule has 0 bridgehead atoms. The number of benzene rings is 2. The molecule has 2 aromatic carbocycles. The monoisotopic (exact) mass is 428 g/mol. The number of imidazole rings is 1. The van der Waals surface area contributed by atoms with Crippen molar-refractivity contribution in [3.05, 3.63) is 89.5 Å². The molecule has 5 nitrogen and oxygen atoms in total. The number of carbonyl (C=O) groups is 1. The molecule has 3 heterocycles. The van der Waals surface area contributed by atoms with Crippen LogP contribution >= 0.6 is 0 Å². The lowest BCUT2D eigenvalue weighted by Gasteiger charge is -2.31. The maximum Gasteiger partial charge on any atom is 0.254 e. The minimum Gasteiger partial charge on any atom is -0.334 e. The third kappa shape index (κ3) is 4.35. The average Bonchev–Trinajstić information content (AvgIpc) is 3.34. The van der Waals surface area contributed by atoms with E-state index in [0.29, 0.717) is 18.5 Å². The molecule has 2 saturated heterocycles. The van der Waals surface area contributed by atoms with E-state index < -0.39 is 0 Å². The van der Waals surface area contributed by atoms with Crippen LogP contribution in [0, 0.1) is 12.8 Å². The van der Waals surface area contributed by atoms with Crippen LogP contribution in [0.3, 0.4) is 0 Å². The molecule has 3 aromatic rings. The molecule has 0 unspecified atom stereocenters. The fourth-order valence-electron chi connectivity index (χ4n) is 5.43. The van der Waals surface area contributed by atoms with E-state index in [9.17, 15) is 4.79 Å². The molecule has 5 rings (SSSR count). The molecule has 1 aromatic heterocycles. The normalized spacial score (nSPS) is 21.3. The summed E-state index contributed by atoms with van der Waals surface area (Å²) in [6, 6.07) is 19.1. The first kappa shape index (κ1) is 21.0. The summed E-state index contributed by atoms with van der Waals surface area (Å²) in [5.74, 6) is 1.72. The zero-order chi connectivity index (χ0) is 21.9. The molecule has 1 amide bonds. The Balaban J connectivity index is 1.37. The molecule has 0 radical (unpaired) electrons. The number of rotatable bonds is 5. The third-order valence-electron chi connectivity index (χ3n) is 7.13. The van der Waals surface area contributed by atoms with Crippen LogP contribution < -0.4 is 0 Å². The Hall–Kier alpha value is -2.92. The van der Waals surface area contributed by atoms with Gasteiger partial charge in [-0.05, 0) is 42.9 Å². The summed E-state index contributed by atoms with van der Waals surface area (Å²) in [4.78, 5) is 23.0. The van der Waals surface area contributed by atoms with Gasteiger partial charge in [-0.15, -0.1) is 0 Å². The third-order valence-corrected chi connectivity index (χ3v) is 7.13. The van der Waals surface area contributed by atoms with Gasteiger partial charge in [-0.1, -0.05) is 55.0 Å². The predicted octanol–water partition coefficient (Wildman–Crippen LogP) is 4.37. The van der Waals surface area contributed by atoms with E-state index >= 15 is 0 Å². The minimum atomic E-state index is 0.192. The zero-order valence-corrected chi connectivity index (χ0v) is 18.9. The topological polar surface area (TPSA) is 41.4 Å². The lowest BCUT2D eigenvalue weighted by atomic mass is 9.97. The van der Waals surface area contributed by atoms with Crippen molar-refractivity contribution in [3.63, 3.8) is 0 Å². The minimum absolute atomic E-state index is 0.192. The standard InChI is InChI=1S/C27H32N4O/c1-21-28-14-16-30(21)19-23-11-5-6-13-25(23)27(32)31-15-8-7-12-24-18-29(20-26(24)31)17-22-9-3-2-4-10-22/h2-6,9-11,13-14,16,24,26H,7-8,12,15,17-20H2,1H3/t24-,26+/m0/s1. The number of aryl methyl sites for hydroxylation is 1. The summed E-state index contributed by atoms with van der Waals surface area (Å²) >= 11 is 0. The lowest BCUT2D eigenvalue weighted by molar-refractivity contribution is 0.0662. The second kappa shape index (κ2) is 9.29. The van der Waals surface area contributed by atoms with Gasteiger partial charge in [0.25, 0.3) is 5.91 Å². The van der Waals surface area contributed by atoms with Gasteiger partial charge in [-0.2, -0.15) is 0 Å². The molecule has 32 heavy (non-hydrogen) atoms. The van der Waals surface area contributed by atoms with Gasteiger partial charge in [0.2, 0.25) is 0 Å². The Morgan fingerprint density at radius 2 is 1.81 bits per heavy atom. The fraction of sp³-hybridized carbons (Fsp3) is 0.407. The predicted molar refractivity (Wildman–Crippen MR) is 126 cm³/mol. The molecule has 0 N–H and O–H groups in total. The first-order chi connectivity index (χ1) is 15.7. The van der Waals surface area contributed by atoms with Crippen molar-refractivity contribution < 1.29 is 4.79 Å². The number of fused-ring (bicyclic) bond motifs is 1. The van der Waals surface area contributed by atoms with Gasteiger partial charge in [-0.25, -0.2) is 4.98 Å². The molecule has 2 fully saturated rings. The maximum absolute atomic E-state index is 13.9. The van der Waals surface area contributed by atoms with Crippen LogP contribution in [0.15, 0.2) is 67.0 Å². The van der Waals surface area contributed by atoms with Crippen molar-refractivity contribution in [2.75, 3.05) is 19.6 Å². The van der Waals surface area contributed by atoms with Crippen molar-refractivity contribution in [3.8, 4) is 0 Å². The molecular formula is C27H32N4O. The molecule has 2 atom stereocenters. The van der Waals surface area contributed by atoms with Gasteiger partial charge in [0.1, 0.15) is 5.82 Å². The molecule has 5 heteroatoms. The number of hydrogen-bond donors (Lipinski definition) is 0. The Kier molecular flexibility index (Phi) is 6.08. The summed E-state index contributed by atoms with van der Waals surface area (Å²) in [5.41, 5.74) is 3.25.